The fourth-order valence-electron chi connectivity index (χ4n) is 4.32. The maximum absolute atomic E-state index is 13.3. The molecular formula is C21H27N5O2. The lowest BCUT2D eigenvalue weighted by Crippen LogP contribution is -2.48. The molecule has 3 amide bonds. The lowest BCUT2D eigenvalue weighted by Gasteiger charge is -2.36. The molecule has 1 aromatic heterocycles. The van der Waals surface area contributed by atoms with Crippen LogP contribution in [0.2, 0.25) is 0 Å². The molecule has 1 aromatic carbocycles. The van der Waals surface area contributed by atoms with Gasteiger partial charge in [0, 0.05) is 57.7 Å². The summed E-state index contributed by atoms with van der Waals surface area (Å²) in [5.74, 6) is 0.412. The monoisotopic (exact) mass is 381 g/mol. The van der Waals surface area contributed by atoms with Crippen LogP contribution in [-0.2, 0) is 6.54 Å². The molecule has 28 heavy (non-hydrogen) atoms. The first-order valence-electron chi connectivity index (χ1n) is 9.85. The number of rotatable bonds is 3. The van der Waals surface area contributed by atoms with Gasteiger partial charge >= 0.3 is 6.03 Å². The van der Waals surface area contributed by atoms with Gasteiger partial charge in [-0.3, -0.25) is 9.48 Å². The van der Waals surface area contributed by atoms with Crippen LogP contribution in [0.15, 0.2) is 42.7 Å². The van der Waals surface area contributed by atoms with Gasteiger partial charge in [-0.2, -0.15) is 5.10 Å². The normalized spacial score (nSPS) is 21.5. The number of carbonyl (C=O) groups excluding carboxylic acids is 2. The van der Waals surface area contributed by atoms with Crippen LogP contribution in [0, 0.1) is 5.92 Å². The Balaban J connectivity index is 1.51. The van der Waals surface area contributed by atoms with Gasteiger partial charge in [0.05, 0.1) is 6.54 Å². The Morgan fingerprint density at radius 2 is 2.00 bits per heavy atom. The van der Waals surface area contributed by atoms with E-state index >= 15 is 0 Å². The molecular weight excluding hydrogens is 354 g/mol. The molecule has 4 heterocycles. The first-order valence-corrected chi connectivity index (χ1v) is 9.85. The smallest absolute Gasteiger partial charge is 0.319 e. The van der Waals surface area contributed by atoms with Crippen LogP contribution >= 0.6 is 0 Å². The third kappa shape index (κ3) is 3.74. The molecule has 7 heteroatoms. The Hall–Kier alpha value is -2.83. The number of piperidine rings is 1. The third-order valence-corrected chi connectivity index (χ3v) is 5.71. The van der Waals surface area contributed by atoms with Crippen LogP contribution < -0.4 is 0 Å². The van der Waals surface area contributed by atoms with Crippen LogP contribution in [0.5, 0.6) is 0 Å². The van der Waals surface area contributed by atoms with E-state index in [0.717, 1.165) is 31.5 Å². The standard InChI is InChI=1S/C21H27N5O2/c1-23(2)21(28)24-12-17-7-8-19(15-24)26(14-17)20(27)18-6-3-5-16(11-18)13-25-10-4-9-22-25/h3-6,9-11,17,19H,7-8,12-15H2,1-2H3/t17-,19+/m1/s1. The average molecular weight is 381 g/mol. The van der Waals surface area contributed by atoms with Crippen molar-refractivity contribution in [2.24, 2.45) is 5.92 Å². The lowest BCUT2D eigenvalue weighted by molar-refractivity contribution is 0.0585. The minimum atomic E-state index is 0.0346. The molecule has 3 saturated heterocycles. The quantitative estimate of drug-likeness (QED) is 0.818. The van der Waals surface area contributed by atoms with Crippen LogP contribution in [-0.4, -0.2) is 76.2 Å². The maximum atomic E-state index is 13.3. The van der Waals surface area contributed by atoms with E-state index in [9.17, 15) is 9.59 Å². The molecule has 3 aliphatic heterocycles. The highest BCUT2D eigenvalue weighted by Gasteiger charge is 2.39. The van der Waals surface area contributed by atoms with E-state index in [1.165, 1.54) is 0 Å². The van der Waals surface area contributed by atoms with Gasteiger partial charge in [-0.15, -0.1) is 0 Å². The molecule has 0 unspecified atom stereocenters. The topological polar surface area (TPSA) is 61.7 Å². The predicted octanol–water partition coefficient (Wildman–Crippen LogP) is 2.15. The molecule has 5 rings (SSSR count). The second-order valence-electron chi connectivity index (χ2n) is 8.04. The molecule has 2 aromatic rings. The van der Waals surface area contributed by atoms with E-state index in [-0.39, 0.29) is 18.0 Å². The summed E-state index contributed by atoms with van der Waals surface area (Å²) in [4.78, 5) is 31.3. The summed E-state index contributed by atoms with van der Waals surface area (Å²) in [5, 5.41) is 4.24. The number of urea groups is 1. The highest BCUT2D eigenvalue weighted by Crippen LogP contribution is 2.29. The summed E-state index contributed by atoms with van der Waals surface area (Å²) in [6, 6.07) is 9.82. The number of amides is 3. The SMILES string of the molecule is CN(C)C(=O)N1C[C@H]2CC[C@@H](C1)N(C(=O)c1cccc(Cn3cccn3)c1)C2. The molecule has 0 saturated carbocycles. The Kier molecular flexibility index (Phi) is 5.07. The summed E-state index contributed by atoms with van der Waals surface area (Å²) < 4.78 is 1.85. The number of carbonyl (C=O) groups is 2. The van der Waals surface area contributed by atoms with Gasteiger partial charge in [-0.1, -0.05) is 12.1 Å². The second-order valence-corrected chi connectivity index (χ2v) is 8.04. The van der Waals surface area contributed by atoms with Crippen LogP contribution in [0.3, 0.4) is 0 Å². The predicted molar refractivity (Wildman–Crippen MR) is 106 cm³/mol. The molecule has 7 nitrogen and oxygen atoms in total. The van der Waals surface area contributed by atoms with Crippen molar-refractivity contribution in [3.63, 3.8) is 0 Å². The second kappa shape index (κ2) is 7.66. The van der Waals surface area contributed by atoms with Crippen molar-refractivity contribution in [2.45, 2.75) is 25.4 Å². The summed E-state index contributed by atoms with van der Waals surface area (Å²) in [6.45, 7) is 2.72. The summed E-state index contributed by atoms with van der Waals surface area (Å²) >= 11 is 0. The van der Waals surface area contributed by atoms with E-state index in [4.69, 9.17) is 0 Å². The fourth-order valence-corrected chi connectivity index (χ4v) is 4.32. The van der Waals surface area contributed by atoms with E-state index in [1.807, 2.05) is 51.0 Å². The van der Waals surface area contributed by atoms with Gasteiger partial charge in [0.15, 0.2) is 0 Å². The Morgan fingerprint density at radius 1 is 1.14 bits per heavy atom. The number of nitrogens with zero attached hydrogens (tertiary/aromatic N) is 5. The third-order valence-electron chi connectivity index (χ3n) is 5.71. The van der Waals surface area contributed by atoms with Crippen molar-refractivity contribution < 1.29 is 9.59 Å². The van der Waals surface area contributed by atoms with Crippen molar-refractivity contribution in [2.75, 3.05) is 33.7 Å². The molecule has 0 aliphatic carbocycles. The molecule has 3 fully saturated rings. The largest absolute Gasteiger partial charge is 0.334 e. The minimum Gasteiger partial charge on any atom is -0.334 e. The van der Waals surface area contributed by atoms with E-state index < -0.39 is 0 Å². The van der Waals surface area contributed by atoms with Gasteiger partial charge < -0.3 is 14.7 Å². The molecule has 2 bridgehead atoms. The first-order chi connectivity index (χ1) is 13.5. The van der Waals surface area contributed by atoms with E-state index in [0.29, 0.717) is 24.6 Å². The van der Waals surface area contributed by atoms with Crippen LogP contribution in [0.4, 0.5) is 4.79 Å². The van der Waals surface area contributed by atoms with Crippen molar-refractivity contribution >= 4 is 11.9 Å². The van der Waals surface area contributed by atoms with Crippen LogP contribution in [0.25, 0.3) is 0 Å². The fraction of sp³-hybridized carbons (Fsp3) is 0.476. The molecule has 0 N–H and O–H groups in total. The number of benzene rings is 1. The van der Waals surface area contributed by atoms with E-state index in [1.54, 1.807) is 25.2 Å². The summed E-state index contributed by atoms with van der Waals surface area (Å²) in [6.07, 6.45) is 5.70. The average Bonchev–Trinajstić information content (AvgIpc) is 3.03. The summed E-state index contributed by atoms with van der Waals surface area (Å²) in [5.41, 5.74) is 1.77. The number of fused-ring (bicyclic) bond motifs is 4. The minimum absolute atomic E-state index is 0.0346. The van der Waals surface area contributed by atoms with Gasteiger partial charge in [0.2, 0.25) is 0 Å². The highest BCUT2D eigenvalue weighted by molar-refractivity contribution is 5.94. The zero-order valence-corrected chi connectivity index (χ0v) is 16.5. The zero-order valence-electron chi connectivity index (χ0n) is 16.5. The highest BCUT2D eigenvalue weighted by atomic mass is 16.2. The van der Waals surface area contributed by atoms with Gasteiger partial charge in [-0.05, 0) is 42.5 Å². The Labute approximate surface area is 165 Å². The number of hydrogen-bond donors (Lipinski definition) is 0. The van der Waals surface area contributed by atoms with Crippen molar-refractivity contribution in [1.82, 2.24) is 24.5 Å². The van der Waals surface area contributed by atoms with Gasteiger partial charge in [0.1, 0.15) is 0 Å². The lowest BCUT2D eigenvalue weighted by atomic mass is 9.94. The number of aromatic nitrogens is 2. The number of hydrogen-bond acceptors (Lipinski definition) is 3. The molecule has 2 atom stereocenters. The van der Waals surface area contributed by atoms with Crippen molar-refractivity contribution in [3.8, 4) is 0 Å². The Bertz CT molecular complexity index is 848. The zero-order chi connectivity index (χ0) is 19.7. The van der Waals surface area contributed by atoms with Gasteiger partial charge in [0.25, 0.3) is 5.91 Å². The van der Waals surface area contributed by atoms with Crippen molar-refractivity contribution in [1.29, 1.82) is 0 Å². The van der Waals surface area contributed by atoms with Crippen molar-refractivity contribution in [3.05, 3.63) is 53.9 Å². The molecule has 0 radical (unpaired) electrons. The Morgan fingerprint density at radius 3 is 2.75 bits per heavy atom. The van der Waals surface area contributed by atoms with Crippen LogP contribution in [0.1, 0.15) is 28.8 Å². The molecule has 148 valence electrons. The first kappa shape index (κ1) is 18.5. The molecule has 3 aliphatic rings. The van der Waals surface area contributed by atoms with E-state index in [2.05, 4.69) is 5.10 Å². The maximum Gasteiger partial charge on any atom is 0.319 e. The summed E-state index contributed by atoms with van der Waals surface area (Å²) in [7, 11) is 3.56. The van der Waals surface area contributed by atoms with Gasteiger partial charge in [-0.25, -0.2) is 4.79 Å². The molecule has 0 spiro atoms.